The zero-order valence-corrected chi connectivity index (χ0v) is 11.7. The summed E-state index contributed by atoms with van der Waals surface area (Å²) in [5.41, 5.74) is -1.88. The number of carboxylic acid groups (broad SMARTS) is 1. The first-order valence-electron chi connectivity index (χ1n) is 6.10. The number of nitro groups is 1. The van der Waals surface area contributed by atoms with E-state index in [-0.39, 0.29) is 17.9 Å². The molecule has 1 rings (SSSR count). The molecule has 1 unspecified atom stereocenters. The summed E-state index contributed by atoms with van der Waals surface area (Å²) < 4.78 is 4.86. The smallest absolute Gasteiger partial charge is 0.337 e. The molecule has 0 bridgehead atoms. The van der Waals surface area contributed by atoms with Crippen LogP contribution in [-0.4, -0.2) is 52.0 Å². The zero-order chi connectivity index (χ0) is 16.0. The number of aromatic carboxylic acids is 1. The molecule has 0 aromatic carbocycles. The van der Waals surface area contributed by atoms with Crippen LogP contribution < -0.4 is 5.32 Å². The van der Waals surface area contributed by atoms with Crippen LogP contribution in [0, 0.1) is 10.1 Å². The lowest BCUT2D eigenvalue weighted by atomic mass is 10.0. The van der Waals surface area contributed by atoms with Gasteiger partial charge in [0.15, 0.2) is 0 Å². The number of rotatable bonds is 8. The Morgan fingerprint density at radius 2 is 2.29 bits per heavy atom. The minimum atomic E-state index is -1.30. The lowest BCUT2D eigenvalue weighted by Crippen LogP contribution is -2.35. The maximum atomic E-state index is 10.9. The summed E-state index contributed by atoms with van der Waals surface area (Å²) in [6.45, 7) is 1.90. The Hall–Kier alpha value is -2.26. The Morgan fingerprint density at radius 3 is 2.81 bits per heavy atom. The molecular weight excluding hydrogens is 282 g/mol. The van der Waals surface area contributed by atoms with E-state index in [1.165, 1.54) is 7.11 Å². The third-order valence-electron chi connectivity index (χ3n) is 2.79. The highest BCUT2D eigenvalue weighted by molar-refractivity contribution is 5.88. The lowest BCUT2D eigenvalue weighted by molar-refractivity contribution is -0.384. The number of aromatic nitrogens is 1. The normalized spacial score (nSPS) is 13.5. The second-order valence-electron chi connectivity index (χ2n) is 4.75. The van der Waals surface area contributed by atoms with Gasteiger partial charge in [0.25, 0.3) is 0 Å². The first kappa shape index (κ1) is 16.8. The molecule has 0 radical (unpaired) electrons. The van der Waals surface area contributed by atoms with E-state index < -0.39 is 22.2 Å². The molecule has 0 fully saturated rings. The van der Waals surface area contributed by atoms with Crippen molar-refractivity contribution in [3.05, 3.63) is 27.9 Å². The fourth-order valence-electron chi connectivity index (χ4n) is 1.53. The number of carbonyl (C=O) groups is 1. The molecule has 0 aliphatic carbocycles. The van der Waals surface area contributed by atoms with Crippen molar-refractivity contribution in [2.75, 3.05) is 25.6 Å². The van der Waals surface area contributed by atoms with E-state index in [1.54, 1.807) is 6.92 Å². The third-order valence-corrected chi connectivity index (χ3v) is 2.79. The second kappa shape index (κ2) is 6.95. The minimum Gasteiger partial charge on any atom is -0.478 e. The number of hydrogen-bond donors (Lipinski definition) is 3. The molecule has 0 aliphatic rings. The van der Waals surface area contributed by atoms with Gasteiger partial charge in [0.05, 0.1) is 16.1 Å². The van der Waals surface area contributed by atoms with E-state index in [9.17, 15) is 20.0 Å². The van der Waals surface area contributed by atoms with E-state index in [0.717, 1.165) is 12.3 Å². The van der Waals surface area contributed by atoms with Crippen molar-refractivity contribution < 1.29 is 24.7 Å². The summed E-state index contributed by atoms with van der Waals surface area (Å²) in [7, 11) is 1.50. The molecule has 0 saturated carbocycles. The number of carboxylic acids is 1. The molecule has 9 nitrogen and oxygen atoms in total. The van der Waals surface area contributed by atoms with Crippen LogP contribution in [0.2, 0.25) is 0 Å². The van der Waals surface area contributed by atoms with Gasteiger partial charge in [0.1, 0.15) is 0 Å². The third kappa shape index (κ3) is 4.97. The Labute approximate surface area is 120 Å². The predicted octanol–water partition coefficient (Wildman–Crippen LogP) is 0.887. The highest BCUT2D eigenvalue weighted by atomic mass is 16.6. The average Bonchev–Trinajstić information content (AvgIpc) is 2.42. The first-order chi connectivity index (χ1) is 9.76. The molecule has 9 heteroatoms. The van der Waals surface area contributed by atoms with Crippen LogP contribution in [0.15, 0.2) is 12.3 Å². The largest absolute Gasteiger partial charge is 0.478 e. The number of methoxy groups -OCH3 is 1. The van der Waals surface area contributed by atoms with Gasteiger partial charge < -0.3 is 20.3 Å². The van der Waals surface area contributed by atoms with Crippen molar-refractivity contribution in [1.29, 1.82) is 0 Å². The zero-order valence-electron chi connectivity index (χ0n) is 11.7. The van der Waals surface area contributed by atoms with Gasteiger partial charge in [-0.3, -0.25) is 10.1 Å². The van der Waals surface area contributed by atoms with Crippen LogP contribution in [0.4, 0.5) is 11.5 Å². The van der Waals surface area contributed by atoms with Crippen molar-refractivity contribution in [3.63, 3.8) is 0 Å². The number of hydrogen-bond acceptors (Lipinski definition) is 7. The molecule has 0 aliphatic heterocycles. The fourth-order valence-corrected chi connectivity index (χ4v) is 1.53. The average molecular weight is 299 g/mol. The topological polar surface area (TPSA) is 135 Å². The van der Waals surface area contributed by atoms with Crippen LogP contribution in [0.25, 0.3) is 0 Å². The summed E-state index contributed by atoms with van der Waals surface area (Å²) >= 11 is 0. The number of aliphatic hydroxyl groups is 1. The molecule has 1 aromatic heterocycles. The SMILES string of the molecule is COCCC(C)(O)CNc1ncc(C(=O)O)cc1[N+](=O)[O-]. The number of nitrogens with one attached hydrogen (secondary N) is 1. The monoisotopic (exact) mass is 299 g/mol. The predicted molar refractivity (Wildman–Crippen MR) is 73.5 cm³/mol. The summed E-state index contributed by atoms with van der Waals surface area (Å²) in [6, 6.07) is 0.918. The van der Waals surface area contributed by atoms with E-state index >= 15 is 0 Å². The van der Waals surface area contributed by atoms with Gasteiger partial charge in [-0.2, -0.15) is 0 Å². The maximum Gasteiger partial charge on any atom is 0.337 e. The molecule has 3 N–H and O–H groups in total. The van der Waals surface area contributed by atoms with Crippen molar-refractivity contribution in [3.8, 4) is 0 Å². The number of ether oxygens (including phenoxy) is 1. The fraction of sp³-hybridized carbons (Fsp3) is 0.500. The Bertz CT molecular complexity index is 532. The molecule has 21 heavy (non-hydrogen) atoms. The van der Waals surface area contributed by atoms with Crippen LogP contribution in [0.5, 0.6) is 0 Å². The maximum absolute atomic E-state index is 10.9. The van der Waals surface area contributed by atoms with Gasteiger partial charge in [-0.05, 0) is 6.92 Å². The van der Waals surface area contributed by atoms with Gasteiger partial charge in [-0.1, -0.05) is 0 Å². The van der Waals surface area contributed by atoms with Gasteiger partial charge in [0.2, 0.25) is 5.82 Å². The van der Waals surface area contributed by atoms with Gasteiger partial charge in [-0.25, -0.2) is 9.78 Å². The van der Waals surface area contributed by atoms with Gasteiger partial charge in [-0.15, -0.1) is 0 Å². The summed E-state index contributed by atoms with van der Waals surface area (Å²) in [5.74, 6) is -1.40. The molecule has 1 aromatic rings. The molecular formula is C12H17N3O6. The van der Waals surface area contributed by atoms with Gasteiger partial charge in [0, 0.05) is 38.9 Å². The number of anilines is 1. The minimum absolute atomic E-state index is 0.0105. The Morgan fingerprint density at radius 1 is 1.62 bits per heavy atom. The summed E-state index contributed by atoms with van der Waals surface area (Å²) in [5, 5.41) is 32.4. The molecule has 0 spiro atoms. The summed E-state index contributed by atoms with van der Waals surface area (Å²) in [4.78, 5) is 24.7. The van der Waals surface area contributed by atoms with Crippen molar-refractivity contribution in [2.24, 2.45) is 0 Å². The molecule has 1 atom stereocenters. The van der Waals surface area contributed by atoms with E-state index in [4.69, 9.17) is 9.84 Å². The van der Waals surface area contributed by atoms with Crippen LogP contribution in [0.3, 0.4) is 0 Å². The van der Waals surface area contributed by atoms with Crippen molar-refractivity contribution in [2.45, 2.75) is 18.9 Å². The highest BCUT2D eigenvalue weighted by Gasteiger charge is 2.24. The quantitative estimate of drug-likeness (QED) is 0.475. The first-order valence-corrected chi connectivity index (χ1v) is 6.10. The number of pyridine rings is 1. The van der Waals surface area contributed by atoms with E-state index in [1.807, 2.05) is 0 Å². The molecule has 0 saturated heterocycles. The van der Waals surface area contributed by atoms with Crippen molar-refractivity contribution in [1.82, 2.24) is 4.98 Å². The van der Waals surface area contributed by atoms with Crippen LogP contribution >= 0.6 is 0 Å². The standard InChI is InChI=1S/C12H17N3O6/c1-12(18,3-4-21-2)7-14-10-9(15(19)20)5-8(6-13-10)11(16)17/h5-6,18H,3-4,7H2,1-2H3,(H,13,14)(H,16,17). The molecule has 0 amide bonds. The summed E-state index contributed by atoms with van der Waals surface area (Å²) in [6.07, 6.45) is 1.35. The Kier molecular flexibility index (Phi) is 5.56. The van der Waals surface area contributed by atoms with Crippen LogP contribution in [0.1, 0.15) is 23.7 Å². The molecule has 116 valence electrons. The highest BCUT2D eigenvalue weighted by Crippen LogP contribution is 2.23. The Balaban J connectivity index is 2.88. The number of nitrogens with zero attached hydrogens (tertiary/aromatic N) is 2. The van der Waals surface area contributed by atoms with Crippen LogP contribution in [-0.2, 0) is 4.74 Å². The van der Waals surface area contributed by atoms with Gasteiger partial charge >= 0.3 is 11.7 Å². The lowest BCUT2D eigenvalue weighted by Gasteiger charge is -2.23. The van der Waals surface area contributed by atoms with E-state index in [2.05, 4.69) is 10.3 Å². The van der Waals surface area contributed by atoms with Crippen molar-refractivity contribution >= 4 is 17.5 Å². The second-order valence-corrected chi connectivity index (χ2v) is 4.75. The molecule has 1 heterocycles. The van der Waals surface area contributed by atoms with E-state index in [0.29, 0.717) is 13.0 Å².